The average Bonchev–Trinajstić information content (AvgIpc) is 2.42. The number of nitrogens with zero attached hydrogens (tertiary/aromatic N) is 1. The van der Waals surface area contributed by atoms with E-state index < -0.39 is 17.0 Å². The molecule has 1 spiro atoms. The molecule has 26 heavy (non-hydrogen) atoms. The highest BCUT2D eigenvalue weighted by Crippen LogP contribution is 2.61. The van der Waals surface area contributed by atoms with Crippen molar-refractivity contribution in [3.63, 3.8) is 0 Å². The van der Waals surface area contributed by atoms with Gasteiger partial charge in [-0.05, 0) is 50.7 Å². The van der Waals surface area contributed by atoms with Crippen molar-refractivity contribution in [2.24, 2.45) is 5.41 Å². The van der Waals surface area contributed by atoms with Gasteiger partial charge in [-0.2, -0.15) is 0 Å². The fraction of sp³-hybridized carbons (Fsp3) is 0.619. The van der Waals surface area contributed by atoms with E-state index in [2.05, 4.69) is 13.8 Å². The van der Waals surface area contributed by atoms with Crippen LogP contribution in [0.5, 0.6) is 0 Å². The number of hydrogen-bond acceptors (Lipinski definition) is 3. The van der Waals surface area contributed by atoms with Gasteiger partial charge in [-0.3, -0.25) is 4.79 Å². The van der Waals surface area contributed by atoms with Crippen LogP contribution in [0.3, 0.4) is 0 Å². The standard InChI is InChI=1S/C21H29NO4/c1-14(2)15-8-6-7-9-16(15)21(17(23)24)10-20(11-21)12-22(13-20)18(25)26-19(3,4)5/h6-9,14H,10-13H2,1-5H3,(H,23,24). The molecule has 2 aliphatic rings. The molecule has 1 aromatic carbocycles. The monoisotopic (exact) mass is 359 g/mol. The van der Waals surface area contributed by atoms with Gasteiger partial charge in [-0.1, -0.05) is 38.1 Å². The number of amides is 1. The molecule has 1 aliphatic carbocycles. The maximum absolute atomic E-state index is 12.2. The summed E-state index contributed by atoms with van der Waals surface area (Å²) in [7, 11) is 0. The molecule has 1 saturated carbocycles. The molecule has 142 valence electrons. The van der Waals surface area contributed by atoms with E-state index in [0.29, 0.717) is 25.9 Å². The highest BCUT2D eigenvalue weighted by atomic mass is 16.6. The van der Waals surface area contributed by atoms with Crippen LogP contribution >= 0.6 is 0 Å². The number of benzene rings is 1. The number of carbonyl (C=O) groups excluding carboxylic acids is 1. The van der Waals surface area contributed by atoms with Crippen LogP contribution in [0.4, 0.5) is 4.79 Å². The fourth-order valence-electron chi connectivity index (χ4n) is 4.56. The maximum Gasteiger partial charge on any atom is 0.410 e. The van der Waals surface area contributed by atoms with Gasteiger partial charge in [0.15, 0.2) is 0 Å². The van der Waals surface area contributed by atoms with Gasteiger partial charge in [0, 0.05) is 18.5 Å². The van der Waals surface area contributed by atoms with Crippen LogP contribution in [0, 0.1) is 5.41 Å². The van der Waals surface area contributed by atoms with Crippen LogP contribution in [0.25, 0.3) is 0 Å². The molecule has 5 heteroatoms. The molecule has 1 aromatic rings. The van der Waals surface area contributed by atoms with Gasteiger partial charge in [0.25, 0.3) is 0 Å². The Kier molecular flexibility index (Phi) is 4.32. The average molecular weight is 359 g/mol. The Labute approximate surface area is 155 Å². The molecule has 1 amide bonds. The van der Waals surface area contributed by atoms with E-state index in [1.807, 2.05) is 45.0 Å². The van der Waals surface area contributed by atoms with E-state index in [1.165, 1.54) is 0 Å². The molecular weight excluding hydrogens is 330 g/mol. The van der Waals surface area contributed by atoms with Gasteiger partial charge < -0.3 is 14.7 Å². The number of hydrogen-bond donors (Lipinski definition) is 1. The third-order valence-electron chi connectivity index (χ3n) is 5.57. The first-order valence-electron chi connectivity index (χ1n) is 9.29. The number of carboxylic acids is 1. The minimum Gasteiger partial charge on any atom is -0.481 e. The lowest BCUT2D eigenvalue weighted by Gasteiger charge is -2.62. The molecule has 0 radical (unpaired) electrons. The number of carboxylic acid groups (broad SMARTS) is 1. The van der Waals surface area contributed by atoms with E-state index in [-0.39, 0.29) is 17.4 Å². The van der Waals surface area contributed by atoms with Crippen molar-refractivity contribution in [1.82, 2.24) is 4.90 Å². The lowest BCUT2D eigenvalue weighted by Crippen LogP contribution is -2.70. The molecule has 5 nitrogen and oxygen atoms in total. The topological polar surface area (TPSA) is 66.8 Å². The second-order valence-corrected chi connectivity index (χ2v) is 9.32. The number of likely N-dealkylation sites (tertiary alicyclic amines) is 1. The van der Waals surface area contributed by atoms with Crippen LogP contribution in [0.15, 0.2) is 24.3 Å². The van der Waals surface area contributed by atoms with E-state index >= 15 is 0 Å². The highest BCUT2D eigenvalue weighted by Gasteiger charge is 2.65. The molecule has 1 N–H and O–H groups in total. The van der Waals surface area contributed by atoms with Gasteiger partial charge in [0.2, 0.25) is 0 Å². The molecule has 2 fully saturated rings. The largest absolute Gasteiger partial charge is 0.481 e. The molecule has 1 aliphatic heterocycles. The minimum atomic E-state index is -0.832. The molecule has 0 aromatic heterocycles. The number of carbonyl (C=O) groups is 2. The molecular formula is C21H29NO4. The number of rotatable bonds is 3. The molecule has 1 heterocycles. The molecule has 0 unspecified atom stereocenters. The normalized spacial score (nSPS) is 20.5. The summed E-state index contributed by atoms with van der Waals surface area (Å²) in [6.45, 7) is 10.9. The van der Waals surface area contributed by atoms with Crippen molar-refractivity contribution in [2.75, 3.05) is 13.1 Å². The molecule has 1 saturated heterocycles. The Morgan fingerprint density at radius 3 is 2.23 bits per heavy atom. The lowest BCUT2D eigenvalue weighted by atomic mass is 9.47. The molecule has 0 atom stereocenters. The zero-order valence-corrected chi connectivity index (χ0v) is 16.3. The first-order valence-corrected chi connectivity index (χ1v) is 9.29. The van der Waals surface area contributed by atoms with Crippen LogP contribution < -0.4 is 0 Å². The second-order valence-electron chi connectivity index (χ2n) is 9.32. The summed E-state index contributed by atoms with van der Waals surface area (Å²) < 4.78 is 5.41. The fourth-order valence-corrected chi connectivity index (χ4v) is 4.56. The Morgan fingerprint density at radius 2 is 1.73 bits per heavy atom. The highest BCUT2D eigenvalue weighted by molar-refractivity contribution is 5.84. The summed E-state index contributed by atoms with van der Waals surface area (Å²) in [4.78, 5) is 26.1. The zero-order valence-electron chi connectivity index (χ0n) is 16.3. The zero-order chi connectivity index (χ0) is 19.3. The van der Waals surface area contributed by atoms with Crippen molar-refractivity contribution in [3.05, 3.63) is 35.4 Å². The summed E-state index contributed by atoms with van der Waals surface area (Å²) in [6, 6.07) is 7.88. The van der Waals surface area contributed by atoms with Crippen molar-refractivity contribution in [1.29, 1.82) is 0 Å². The summed E-state index contributed by atoms with van der Waals surface area (Å²) in [5.41, 5.74) is 0.609. The molecule has 0 bridgehead atoms. The SMILES string of the molecule is CC(C)c1ccccc1C1(C(=O)O)CC2(CN(C(=O)OC(C)(C)C)C2)C1. The predicted molar refractivity (Wildman–Crippen MR) is 99.3 cm³/mol. The quantitative estimate of drug-likeness (QED) is 0.880. The van der Waals surface area contributed by atoms with Gasteiger partial charge in [-0.25, -0.2) is 4.79 Å². The Morgan fingerprint density at radius 1 is 1.15 bits per heavy atom. The first kappa shape index (κ1) is 18.7. The molecule has 3 rings (SSSR count). The Bertz CT molecular complexity index is 718. The Balaban J connectivity index is 1.74. The Hall–Kier alpha value is -2.04. The summed E-state index contributed by atoms with van der Waals surface area (Å²) in [6.07, 6.45) is 0.857. The van der Waals surface area contributed by atoms with Crippen molar-refractivity contribution in [3.8, 4) is 0 Å². The maximum atomic E-state index is 12.2. The van der Waals surface area contributed by atoms with Gasteiger partial charge in [0.1, 0.15) is 5.60 Å². The second kappa shape index (κ2) is 6.00. The first-order chi connectivity index (χ1) is 12.0. The number of aliphatic carboxylic acids is 1. The predicted octanol–water partition coefficient (Wildman–Crippen LogP) is 4.16. The van der Waals surface area contributed by atoms with Gasteiger partial charge in [-0.15, -0.1) is 0 Å². The summed E-state index contributed by atoms with van der Waals surface area (Å²) in [5.74, 6) is -0.481. The van der Waals surface area contributed by atoms with Crippen molar-refractivity contribution < 1.29 is 19.4 Å². The van der Waals surface area contributed by atoms with Crippen LogP contribution in [-0.4, -0.2) is 40.8 Å². The third-order valence-corrected chi connectivity index (χ3v) is 5.57. The smallest absolute Gasteiger partial charge is 0.410 e. The van der Waals surface area contributed by atoms with E-state index in [4.69, 9.17) is 4.74 Å². The minimum absolute atomic E-state index is 0.0839. The van der Waals surface area contributed by atoms with Gasteiger partial charge >= 0.3 is 12.1 Å². The van der Waals surface area contributed by atoms with Crippen LogP contribution in [0.2, 0.25) is 0 Å². The van der Waals surface area contributed by atoms with Crippen molar-refractivity contribution in [2.45, 2.75) is 64.4 Å². The third kappa shape index (κ3) is 3.08. The van der Waals surface area contributed by atoms with Crippen LogP contribution in [-0.2, 0) is 14.9 Å². The summed E-state index contributed by atoms with van der Waals surface area (Å²) >= 11 is 0. The van der Waals surface area contributed by atoms with Crippen LogP contribution in [0.1, 0.15) is 64.5 Å². The van der Waals surface area contributed by atoms with E-state index in [1.54, 1.807) is 4.90 Å². The van der Waals surface area contributed by atoms with Gasteiger partial charge in [0.05, 0.1) is 5.41 Å². The number of ether oxygens (including phenoxy) is 1. The van der Waals surface area contributed by atoms with E-state index in [0.717, 1.165) is 11.1 Å². The van der Waals surface area contributed by atoms with Crippen molar-refractivity contribution >= 4 is 12.1 Å². The van der Waals surface area contributed by atoms with E-state index in [9.17, 15) is 14.7 Å². The lowest BCUT2D eigenvalue weighted by molar-refractivity contribution is -0.166. The summed E-state index contributed by atoms with van der Waals surface area (Å²) in [5, 5.41) is 10.0.